The van der Waals surface area contributed by atoms with Gasteiger partial charge in [-0.1, -0.05) is 98.1 Å². The van der Waals surface area contributed by atoms with E-state index in [4.69, 9.17) is 19.8 Å². The number of carbonyl (C=O) groups is 2. The number of unbranched alkanes of at least 4 members (excludes halogenated alkanes) is 2. The lowest BCUT2D eigenvalue weighted by molar-refractivity contribution is -0.153. The Kier molecular flexibility index (Phi) is 11.8. The first kappa shape index (κ1) is 33.4. The second kappa shape index (κ2) is 15.5. The summed E-state index contributed by atoms with van der Waals surface area (Å²) in [5.74, 6) is -0.189. The van der Waals surface area contributed by atoms with Crippen LogP contribution in [0.25, 0.3) is 0 Å². The Morgan fingerprint density at radius 3 is 2.14 bits per heavy atom. The van der Waals surface area contributed by atoms with E-state index in [-0.39, 0.29) is 21.9 Å². The van der Waals surface area contributed by atoms with Crippen molar-refractivity contribution in [3.8, 4) is 0 Å². The molecule has 3 aromatic carbocycles. The first-order chi connectivity index (χ1) is 21.1. The molecule has 0 bridgehead atoms. The molecule has 1 fully saturated rings. The van der Waals surface area contributed by atoms with E-state index in [1.807, 2.05) is 67.6 Å². The van der Waals surface area contributed by atoms with Gasteiger partial charge in [0.2, 0.25) is 5.91 Å². The van der Waals surface area contributed by atoms with Crippen LogP contribution in [0, 0.1) is 6.92 Å². The van der Waals surface area contributed by atoms with E-state index in [2.05, 4.69) is 6.92 Å². The van der Waals surface area contributed by atoms with Crippen LogP contribution in [0.5, 0.6) is 0 Å². The Morgan fingerprint density at radius 2 is 1.59 bits per heavy atom. The number of hydrogen-bond donors (Lipinski definition) is 2. The van der Waals surface area contributed by atoms with Crippen molar-refractivity contribution in [1.29, 1.82) is 0 Å². The van der Waals surface area contributed by atoms with Gasteiger partial charge in [0.1, 0.15) is 17.1 Å². The summed E-state index contributed by atoms with van der Waals surface area (Å²) in [4.78, 5) is 27.6. The van der Waals surface area contributed by atoms with E-state index in [9.17, 15) is 18.0 Å². The standard InChI is InChI=1S/C26H30N2O4S.C7H8O3S/c1-2-3-10-15-31-16-20-17-33-25-21(27)24(29)28(25)22(20)26(30)32-23(18-11-6-4-7-12-18)19-13-8-5-9-14-19;1-6-2-4-7(5-3-6)11(8,9)10/h4-9,11-14,21,23,25H,2-3,10,15-17,27H2,1H3;2-5H,1H3,(H,8,9,10)/t21-,25+;/m1./s1. The van der Waals surface area contributed by atoms with Crippen LogP contribution in [0.1, 0.15) is 49.0 Å². The highest BCUT2D eigenvalue weighted by Crippen LogP contribution is 2.40. The molecule has 44 heavy (non-hydrogen) atoms. The van der Waals surface area contributed by atoms with Crippen LogP contribution in [0.4, 0.5) is 0 Å². The summed E-state index contributed by atoms with van der Waals surface area (Å²) < 4.78 is 41.5. The fourth-order valence-corrected chi connectivity index (χ4v) is 6.54. The molecule has 0 radical (unpaired) electrons. The molecule has 9 nitrogen and oxygen atoms in total. The van der Waals surface area contributed by atoms with E-state index in [1.54, 1.807) is 23.9 Å². The fourth-order valence-electron chi connectivity index (χ4n) is 4.79. The Balaban J connectivity index is 0.000000339. The van der Waals surface area contributed by atoms with Crippen molar-refractivity contribution >= 4 is 33.8 Å². The molecule has 1 saturated heterocycles. The van der Waals surface area contributed by atoms with E-state index < -0.39 is 28.2 Å². The number of hydrogen-bond acceptors (Lipinski definition) is 8. The van der Waals surface area contributed by atoms with E-state index in [1.165, 1.54) is 17.0 Å². The summed E-state index contributed by atoms with van der Waals surface area (Å²) in [5.41, 5.74) is 9.75. The number of β-lactam (4-membered cyclic amide) rings is 1. The number of fused-ring (bicyclic) bond motifs is 1. The van der Waals surface area contributed by atoms with Crippen molar-refractivity contribution in [2.75, 3.05) is 19.0 Å². The third kappa shape index (κ3) is 8.36. The smallest absolute Gasteiger partial charge is 0.356 e. The number of nitrogens with zero attached hydrogens (tertiary/aromatic N) is 1. The van der Waals surface area contributed by atoms with Gasteiger partial charge in [-0.3, -0.25) is 14.2 Å². The van der Waals surface area contributed by atoms with Crippen LogP contribution >= 0.6 is 11.8 Å². The molecule has 2 aliphatic heterocycles. The Labute approximate surface area is 263 Å². The lowest BCUT2D eigenvalue weighted by atomic mass is 10.0. The number of aryl methyl sites for hydroxylation is 1. The van der Waals surface area contributed by atoms with E-state index in [0.717, 1.165) is 41.5 Å². The quantitative estimate of drug-likeness (QED) is 0.125. The minimum absolute atomic E-state index is 0.0666. The monoisotopic (exact) mass is 638 g/mol. The van der Waals surface area contributed by atoms with Crippen LogP contribution in [-0.2, 0) is 29.2 Å². The van der Waals surface area contributed by atoms with E-state index in [0.29, 0.717) is 19.0 Å². The third-order valence-corrected chi connectivity index (χ3v) is 9.43. The topological polar surface area (TPSA) is 136 Å². The lowest BCUT2D eigenvalue weighted by Gasteiger charge is -2.48. The second-order valence-corrected chi connectivity index (χ2v) is 13.1. The Morgan fingerprint density at radius 1 is 1.00 bits per heavy atom. The largest absolute Gasteiger partial charge is 0.448 e. The number of amides is 1. The molecule has 11 heteroatoms. The van der Waals surface area contributed by atoms with Crippen molar-refractivity contribution in [2.45, 2.75) is 55.5 Å². The van der Waals surface area contributed by atoms with Crippen molar-refractivity contribution < 1.29 is 32.0 Å². The molecule has 5 rings (SSSR count). The third-order valence-electron chi connectivity index (χ3n) is 7.20. The number of ether oxygens (including phenoxy) is 2. The molecule has 0 saturated carbocycles. The number of nitrogens with two attached hydrogens (primary N) is 1. The summed E-state index contributed by atoms with van der Waals surface area (Å²) in [6, 6.07) is 24.6. The lowest BCUT2D eigenvalue weighted by Crippen LogP contribution is -2.68. The van der Waals surface area contributed by atoms with Gasteiger partial charge in [0.15, 0.2) is 6.10 Å². The average Bonchev–Trinajstić information content (AvgIpc) is 3.03. The number of thioether (sulfide) groups is 1. The molecule has 2 heterocycles. The predicted octanol–water partition coefficient (Wildman–Crippen LogP) is 5.26. The average molecular weight is 639 g/mol. The molecular weight excluding hydrogens is 601 g/mol. The summed E-state index contributed by atoms with van der Waals surface area (Å²) in [6.07, 6.45) is 2.59. The maximum atomic E-state index is 13.6. The van der Waals surface area contributed by atoms with Crippen LogP contribution in [0.15, 0.2) is 101 Å². The van der Waals surface area contributed by atoms with Gasteiger partial charge in [-0.15, -0.1) is 11.8 Å². The zero-order valence-electron chi connectivity index (χ0n) is 24.8. The van der Waals surface area contributed by atoms with Crippen LogP contribution in [0.2, 0.25) is 0 Å². The molecule has 234 valence electrons. The van der Waals surface area contributed by atoms with Gasteiger partial charge in [0.25, 0.3) is 10.1 Å². The minimum Gasteiger partial charge on any atom is -0.448 e. The molecule has 1 amide bonds. The number of esters is 1. The highest BCUT2D eigenvalue weighted by Gasteiger charge is 2.52. The molecule has 2 atom stereocenters. The van der Waals surface area contributed by atoms with Crippen molar-refractivity contribution in [3.05, 3.63) is 113 Å². The summed E-state index contributed by atoms with van der Waals surface area (Å²) >= 11 is 1.57. The molecule has 3 aromatic rings. The zero-order valence-corrected chi connectivity index (χ0v) is 26.4. The minimum atomic E-state index is -4.02. The van der Waals surface area contributed by atoms with Gasteiger partial charge in [0, 0.05) is 12.4 Å². The first-order valence-corrected chi connectivity index (χ1v) is 17.0. The van der Waals surface area contributed by atoms with Gasteiger partial charge in [0.05, 0.1) is 11.5 Å². The fraction of sp³-hybridized carbons (Fsp3) is 0.333. The maximum Gasteiger partial charge on any atom is 0.356 e. The molecule has 0 spiro atoms. The molecular formula is C33H38N2O7S2. The van der Waals surface area contributed by atoms with Crippen molar-refractivity contribution in [3.63, 3.8) is 0 Å². The summed E-state index contributed by atoms with van der Waals surface area (Å²) in [7, 11) is -4.02. The Bertz CT molecular complexity index is 1510. The normalized spacial score (nSPS) is 17.8. The van der Waals surface area contributed by atoms with Crippen molar-refractivity contribution in [1.82, 2.24) is 4.90 Å². The van der Waals surface area contributed by atoms with Crippen LogP contribution < -0.4 is 5.73 Å². The highest BCUT2D eigenvalue weighted by atomic mass is 32.2. The number of benzene rings is 3. The molecule has 3 N–H and O–H groups in total. The van der Waals surface area contributed by atoms with Gasteiger partial charge >= 0.3 is 5.97 Å². The van der Waals surface area contributed by atoms with E-state index >= 15 is 0 Å². The zero-order chi connectivity index (χ0) is 31.7. The summed E-state index contributed by atoms with van der Waals surface area (Å²) in [6.45, 7) is 4.91. The van der Waals surface area contributed by atoms with Gasteiger partial charge in [-0.25, -0.2) is 4.79 Å². The number of carbonyl (C=O) groups excluding carboxylic acids is 2. The molecule has 0 unspecified atom stereocenters. The second-order valence-electron chi connectivity index (χ2n) is 10.5. The van der Waals surface area contributed by atoms with Crippen molar-refractivity contribution in [2.24, 2.45) is 5.73 Å². The molecule has 2 aliphatic rings. The van der Waals surface area contributed by atoms with Crippen LogP contribution in [0.3, 0.4) is 0 Å². The predicted molar refractivity (Wildman–Crippen MR) is 170 cm³/mol. The highest BCUT2D eigenvalue weighted by molar-refractivity contribution is 8.00. The summed E-state index contributed by atoms with van der Waals surface area (Å²) in [5, 5.41) is -0.240. The van der Waals surface area contributed by atoms with Gasteiger partial charge in [-0.2, -0.15) is 8.42 Å². The SMILES string of the molecule is CCCCCOCC1=C(C(=O)OC(c2ccccc2)c2ccccc2)N2C(=O)[C@@H](N)[C@@H]2SC1.Cc1ccc(S(=O)(=O)O)cc1. The number of rotatable bonds is 11. The molecule has 0 aliphatic carbocycles. The maximum absolute atomic E-state index is 13.6. The van der Waals surface area contributed by atoms with Gasteiger partial charge < -0.3 is 15.2 Å². The first-order valence-electron chi connectivity index (χ1n) is 14.5. The van der Waals surface area contributed by atoms with Crippen LogP contribution in [-0.4, -0.2) is 60.1 Å². The molecule has 0 aromatic heterocycles. The Hall–Kier alpha value is -3.48. The van der Waals surface area contributed by atoms with Gasteiger partial charge in [-0.05, 0) is 42.2 Å².